The Morgan fingerprint density at radius 3 is 2.07 bits per heavy atom. The highest BCUT2D eigenvalue weighted by atomic mass is 16.4. The topological polar surface area (TPSA) is 95.5 Å². The first-order chi connectivity index (χ1) is 13.3. The van der Waals surface area contributed by atoms with Crippen LogP contribution in [0.5, 0.6) is 0 Å². The maximum atomic E-state index is 12.5. The van der Waals surface area contributed by atoms with Gasteiger partial charge in [0.05, 0.1) is 0 Å². The molecule has 2 aromatic carbocycles. The summed E-state index contributed by atoms with van der Waals surface area (Å²) in [5, 5.41) is 14.1. The van der Waals surface area contributed by atoms with Crippen LogP contribution in [0.3, 0.4) is 0 Å². The second-order valence-electron chi connectivity index (χ2n) is 7.12. The van der Waals surface area contributed by atoms with Crippen LogP contribution in [0.15, 0.2) is 54.6 Å². The predicted molar refractivity (Wildman–Crippen MR) is 108 cm³/mol. The van der Waals surface area contributed by atoms with Crippen molar-refractivity contribution in [1.82, 2.24) is 5.32 Å². The molecule has 0 spiro atoms. The molecule has 2 unspecified atom stereocenters. The lowest BCUT2D eigenvalue weighted by molar-refractivity contribution is -0.138. The molecule has 2 rings (SSSR count). The summed E-state index contributed by atoms with van der Waals surface area (Å²) < 4.78 is 0. The van der Waals surface area contributed by atoms with Gasteiger partial charge in [-0.3, -0.25) is 14.4 Å². The molecule has 0 heterocycles. The summed E-state index contributed by atoms with van der Waals surface area (Å²) >= 11 is 0. The van der Waals surface area contributed by atoms with Crippen LogP contribution < -0.4 is 10.6 Å². The molecular formula is C22H26N2O4. The second-order valence-corrected chi connectivity index (χ2v) is 7.12. The number of carboxylic acid groups (broad SMARTS) is 1. The molecule has 0 aliphatic heterocycles. The fourth-order valence-electron chi connectivity index (χ4n) is 2.90. The van der Waals surface area contributed by atoms with Crippen LogP contribution in [0.1, 0.15) is 49.0 Å². The fraction of sp³-hybridized carbons (Fsp3) is 0.318. The monoisotopic (exact) mass is 382 g/mol. The van der Waals surface area contributed by atoms with Gasteiger partial charge in [0.2, 0.25) is 5.91 Å². The molecule has 0 fully saturated rings. The van der Waals surface area contributed by atoms with Gasteiger partial charge in [0.1, 0.15) is 6.04 Å². The SMILES string of the molecule is CC(NC(=O)c1ccc(NC(=O)CC(c2ccccc2)C(C)C)cc1)C(=O)O. The van der Waals surface area contributed by atoms with E-state index in [1.54, 1.807) is 24.3 Å². The number of benzene rings is 2. The van der Waals surface area contributed by atoms with Gasteiger partial charge in [-0.15, -0.1) is 0 Å². The quantitative estimate of drug-likeness (QED) is 0.649. The number of hydrogen-bond donors (Lipinski definition) is 3. The molecule has 0 radical (unpaired) electrons. The van der Waals surface area contributed by atoms with Crippen LogP contribution >= 0.6 is 0 Å². The Balaban J connectivity index is 1.98. The molecule has 0 aliphatic rings. The molecular weight excluding hydrogens is 356 g/mol. The van der Waals surface area contributed by atoms with Gasteiger partial charge in [0.15, 0.2) is 0 Å². The standard InChI is InChI=1S/C22H26N2O4/c1-14(2)19(16-7-5-4-6-8-16)13-20(25)24-18-11-9-17(10-12-18)21(26)23-15(3)22(27)28/h4-12,14-15,19H,13H2,1-3H3,(H,23,26)(H,24,25)(H,27,28). The molecule has 0 aliphatic carbocycles. The molecule has 6 heteroatoms. The van der Waals surface area contributed by atoms with Gasteiger partial charge < -0.3 is 15.7 Å². The minimum atomic E-state index is -1.10. The highest BCUT2D eigenvalue weighted by Crippen LogP contribution is 2.28. The first-order valence-corrected chi connectivity index (χ1v) is 9.26. The number of nitrogens with one attached hydrogen (secondary N) is 2. The van der Waals surface area contributed by atoms with Crippen molar-refractivity contribution in [2.75, 3.05) is 5.32 Å². The summed E-state index contributed by atoms with van der Waals surface area (Å²) in [5.74, 6) is -1.24. The number of rotatable bonds is 8. The second kappa shape index (κ2) is 9.69. The maximum absolute atomic E-state index is 12.5. The zero-order valence-electron chi connectivity index (χ0n) is 16.3. The van der Waals surface area contributed by atoms with E-state index in [9.17, 15) is 14.4 Å². The van der Waals surface area contributed by atoms with E-state index < -0.39 is 17.9 Å². The summed E-state index contributed by atoms with van der Waals surface area (Å²) in [6.45, 7) is 5.58. The van der Waals surface area contributed by atoms with Crippen molar-refractivity contribution >= 4 is 23.5 Å². The Morgan fingerprint density at radius 2 is 1.54 bits per heavy atom. The van der Waals surface area contributed by atoms with E-state index in [0.29, 0.717) is 23.6 Å². The van der Waals surface area contributed by atoms with Crippen LogP contribution in [-0.4, -0.2) is 28.9 Å². The van der Waals surface area contributed by atoms with Gasteiger partial charge in [0.25, 0.3) is 5.91 Å². The molecule has 0 aromatic heterocycles. The smallest absolute Gasteiger partial charge is 0.325 e. The molecule has 148 valence electrons. The number of anilines is 1. The lowest BCUT2D eigenvalue weighted by atomic mass is 9.85. The molecule has 2 aromatic rings. The molecule has 0 saturated heterocycles. The van der Waals surface area contributed by atoms with E-state index in [2.05, 4.69) is 24.5 Å². The Labute approximate surface area is 165 Å². The third kappa shape index (κ3) is 5.94. The molecule has 0 bridgehead atoms. The first kappa shape index (κ1) is 21.2. The average Bonchev–Trinajstić information content (AvgIpc) is 2.67. The molecule has 0 saturated carbocycles. The molecule has 28 heavy (non-hydrogen) atoms. The van der Waals surface area contributed by atoms with E-state index in [4.69, 9.17) is 5.11 Å². The Hall–Kier alpha value is -3.15. The summed E-state index contributed by atoms with van der Waals surface area (Å²) in [7, 11) is 0. The van der Waals surface area contributed by atoms with Crippen molar-refractivity contribution in [2.24, 2.45) is 5.92 Å². The largest absolute Gasteiger partial charge is 0.480 e. The lowest BCUT2D eigenvalue weighted by Gasteiger charge is -2.21. The van der Waals surface area contributed by atoms with E-state index >= 15 is 0 Å². The van der Waals surface area contributed by atoms with E-state index in [1.165, 1.54) is 6.92 Å². The van der Waals surface area contributed by atoms with Crippen molar-refractivity contribution in [3.63, 3.8) is 0 Å². The normalized spacial score (nSPS) is 12.9. The summed E-state index contributed by atoms with van der Waals surface area (Å²) in [4.78, 5) is 35.3. The average molecular weight is 382 g/mol. The van der Waals surface area contributed by atoms with Gasteiger partial charge in [-0.25, -0.2) is 0 Å². The minimum absolute atomic E-state index is 0.0979. The number of carboxylic acids is 1. The Morgan fingerprint density at radius 1 is 0.929 bits per heavy atom. The van der Waals surface area contributed by atoms with Crippen molar-refractivity contribution < 1.29 is 19.5 Å². The van der Waals surface area contributed by atoms with Gasteiger partial charge in [-0.2, -0.15) is 0 Å². The summed E-state index contributed by atoms with van der Waals surface area (Å²) in [6.07, 6.45) is 0.361. The van der Waals surface area contributed by atoms with E-state index in [1.807, 2.05) is 30.3 Å². The fourth-order valence-corrected chi connectivity index (χ4v) is 2.90. The Bertz CT molecular complexity index is 816. The van der Waals surface area contributed by atoms with Crippen molar-refractivity contribution in [3.05, 3.63) is 65.7 Å². The third-order valence-electron chi connectivity index (χ3n) is 4.59. The van der Waals surface area contributed by atoms with Crippen LogP contribution in [0.2, 0.25) is 0 Å². The van der Waals surface area contributed by atoms with E-state index in [-0.39, 0.29) is 11.8 Å². The summed E-state index contributed by atoms with van der Waals surface area (Å²) in [6, 6.07) is 15.3. The molecule has 3 N–H and O–H groups in total. The minimum Gasteiger partial charge on any atom is -0.480 e. The van der Waals surface area contributed by atoms with Gasteiger partial charge in [-0.05, 0) is 48.6 Å². The zero-order valence-corrected chi connectivity index (χ0v) is 16.3. The maximum Gasteiger partial charge on any atom is 0.325 e. The predicted octanol–water partition coefficient (Wildman–Crippen LogP) is 3.66. The summed E-state index contributed by atoms with van der Waals surface area (Å²) in [5.41, 5.74) is 2.05. The van der Waals surface area contributed by atoms with Crippen LogP contribution in [-0.2, 0) is 9.59 Å². The zero-order chi connectivity index (χ0) is 20.7. The molecule has 6 nitrogen and oxygen atoms in total. The lowest BCUT2D eigenvalue weighted by Crippen LogP contribution is -2.38. The number of carbonyl (C=O) groups is 3. The Kier molecular flexibility index (Phi) is 7.32. The van der Waals surface area contributed by atoms with Gasteiger partial charge >= 0.3 is 5.97 Å². The van der Waals surface area contributed by atoms with Crippen molar-refractivity contribution in [1.29, 1.82) is 0 Å². The highest BCUT2D eigenvalue weighted by Gasteiger charge is 2.20. The van der Waals surface area contributed by atoms with Crippen LogP contribution in [0, 0.1) is 5.92 Å². The van der Waals surface area contributed by atoms with Crippen molar-refractivity contribution in [2.45, 2.75) is 39.2 Å². The van der Waals surface area contributed by atoms with Gasteiger partial charge in [0, 0.05) is 17.7 Å². The van der Waals surface area contributed by atoms with E-state index in [0.717, 1.165) is 5.56 Å². The van der Waals surface area contributed by atoms with Crippen LogP contribution in [0.25, 0.3) is 0 Å². The number of carbonyl (C=O) groups excluding carboxylic acids is 2. The van der Waals surface area contributed by atoms with Crippen molar-refractivity contribution in [3.8, 4) is 0 Å². The number of aliphatic carboxylic acids is 1. The molecule has 2 atom stereocenters. The molecule has 2 amide bonds. The van der Waals surface area contributed by atoms with Crippen LogP contribution in [0.4, 0.5) is 5.69 Å². The number of hydrogen-bond acceptors (Lipinski definition) is 3. The number of amides is 2. The highest BCUT2D eigenvalue weighted by molar-refractivity contribution is 5.97. The first-order valence-electron chi connectivity index (χ1n) is 9.26. The van der Waals surface area contributed by atoms with Gasteiger partial charge in [-0.1, -0.05) is 44.2 Å². The third-order valence-corrected chi connectivity index (χ3v) is 4.59.